The molecular weight excluding hydrogens is 486 g/mol. The van der Waals surface area contributed by atoms with Gasteiger partial charge in [0, 0.05) is 39.4 Å². The summed E-state index contributed by atoms with van der Waals surface area (Å²) < 4.78 is 19.2. The van der Waals surface area contributed by atoms with E-state index in [0.717, 1.165) is 17.6 Å². The lowest BCUT2D eigenvalue weighted by Gasteiger charge is -2.67. The topological polar surface area (TPSA) is 121 Å². The molecule has 204 valence electrons. The van der Waals surface area contributed by atoms with E-state index in [-0.39, 0.29) is 18.3 Å². The third-order valence-corrected chi connectivity index (χ3v) is 10.9. The van der Waals surface area contributed by atoms with E-state index in [0.29, 0.717) is 24.8 Å². The van der Waals surface area contributed by atoms with Crippen LogP contribution in [0.3, 0.4) is 0 Å². The van der Waals surface area contributed by atoms with Gasteiger partial charge < -0.3 is 34.5 Å². The Kier molecular flexibility index (Phi) is 4.96. The monoisotopic (exact) mass is 523 g/mol. The quantitative estimate of drug-likeness (QED) is 0.486. The van der Waals surface area contributed by atoms with E-state index in [2.05, 4.69) is 37.0 Å². The van der Waals surface area contributed by atoms with E-state index >= 15 is 0 Å². The van der Waals surface area contributed by atoms with Crippen molar-refractivity contribution in [1.82, 2.24) is 4.98 Å². The zero-order valence-corrected chi connectivity index (χ0v) is 22.4. The van der Waals surface area contributed by atoms with Crippen LogP contribution in [-0.4, -0.2) is 74.6 Å². The van der Waals surface area contributed by atoms with E-state index in [1.807, 2.05) is 19.9 Å². The fourth-order valence-corrected chi connectivity index (χ4v) is 8.87. The van der Waals surface area contributed by atoms with Gasteiger partial charge >= 0.3 is 0 Å². The third kappa shape index (κ3) is 2.74. The van der Waals surface area contributed by atoms with Gasteiger partial charge in [0.25, 0.3) is 0 Å². The number of fused-ring (bicyclic) bond motifs is 9. The van der Waals surface area contributed by atoms with Crippen molar-refractivity contribution in [1.29, 1.82) is 0 Å². The maximum atomic E-state index is 13.4. The average molecular weight is 524 g/mol. The average Bonchev–Trinajstić information content (AvgIpc) is 3.47. The van der Waals surface area contributed by atoms with Crippen LogP contribution in [-0.2, 0) is 30.8 Å². The molecule has 8 atom stereocenters. The Morgan fingerprint density at radius 2 is 1.95 bits per heavy atom. The van der Waals surface area contributed by atoms with E-state index in [9.17, 15) is 20.1 Å². The molecule has 3 aliphatic carbocycles. The minimum absolute atomic E-state index is 0.124. The van der Waals surface area contributed by atoms with Gasteiger partial charge in [0.15, 0.2) is 17.7 Å². The number of hydrogen-bond acceptors (Lipinski definition) is 7. The van der Waals surface area contributed by atoms with Gasteiger partial charge in [-0.25, -0.2) is 0 Å². The summed E-state index contributed by atoms with van der Waals surface area (Å²) in [7, 11) is 0. The maximum Gasteiger partial charge on any atom is 0.195 e. The van der Waals surface area contributed by atoms with Crippen molar-refractivity contribution in [3.8, 4) is 0 Å². The smallest absolute Gasteiger partial charge is 0.195 e. The van der Waals surface area contributed by atoms with E-state index in [1.165, 1.54) is 10.9 Å². The summed E-state index contributed by atoms with van der Waals surface area (Å²) in [6, 6.07) is 8.31. The first-order valence-corrected chi connectivity index (χ1v) is 13.8. The van der Waals surface area contributed by atoms with Gasteiger partial charge in [-0.1, -0.05) is 32.0 Å². The van der Waals surface area contributed by atoms with Gasteiger partial charge in [0.2, 0.25) is 0 Å². The molecule has 2 aromatic rings. The summed E-state index contributed by atoms with van der Waals surface area (Å²) in [5.74, 6) is -1.26. The predicted octanol–water partition coefficient (Wildman–Crippen LogP) is 2.67. The molecule has 1 spiro atoms. The SMILES string of the molecule is CC1(C)O[C@@]23CC[C@]4(C)[C@@]5(C)c6[nH]c7ccccc7c6C[C@@H]5C[C@H](OCC(O)CO)[C@@]4(O)C2=CC(=O)C1O3. The molecule has 4 N–H and O–H groups in total. The highest BCUT2D eigenvalue weighted by Gasteiger charge is 2.78. The standard InChI is InChI=1S/C30H37NO7/c1-26(2)25-21(34)13-22-29(37-25,38-26)10-9-27(3)28(4)16(12-23(30(22,27)35)36-15-17(33)14-32)11-19-18-7-5-6-8-20(18)31-24(19)28/h5-8,13,16-17,23,25,31-33,35H,9-12,14-15H2,1-4H3/t16-,17?,23+,25?,27-,28-,29+,30+/m1/s1. The van der Waals surface area contributed by atoms with Crippen LogP contribution in [0.5, 0.6) is 0 Å². The van der Waals surface area contributed by atoms with Crippen molar-refractivity contribution >= 4 is 16.7 Å². The first-order chi connectivity index (χ1) is 17.9. The molecule has 2 bridgehead atoms. The predicted molar refractivity (Wildman–Crippen MR) is 138 cm³/mol. The van der Waals surface area contributed by atoms with Crippen LogP contribution >= 0.6 is 0 Å². The van der Waals surface area contributed by atoms with Gasteiger partial charge in [0.1, 0.15) is 17.3 Å². The highest BCUT2D eigenvalue weighted by molar-refractivity contribution is 5.97. The second kappa shape index (κ2) is 7.56. The maximum absolute atomic E-state index is 13.4. The lowest BCUT2D eigenvalue weighted by Crippen LogP contribution is -2.75. The minimum Gasteiger partial charge on any atom is -0.394 e. The molecule has 1 saturated heterocycles. The van der Waals surface area contributed by atoms with Crippen LogP contribution in [0.15, 0.2) is 35.9 Å². The highest BCUT2D eigenvalue weighted by Crippen LogP contribution is 2.72. The Morgan fingerprint density at radius 3 is 2.71 bits per heavy atom. The summed E-state index contributed by atoms with van der Waals surface area (Å²) in [6.45, 7) is 7.51. The van der Waals surface area contributed by atoms with Crippen molar-refractivity contribution in [2.45, 2.75) is 94.1 Å². The number of carbonyl (C=O) groups excluding carboxylic acids is 1. The zero-order valence-electron chi connectivity index (χ0n) is 22.4. The molecule has 38 heavy (non-hydrogen) atoms. The lowest BCUT2D eigenvalue weighted by atomic mass is 9.41. The minimum atomic E-state index is -1.62. The summed E-state index contributed by atoms with van der Waals surface area (Å²) in [6.07, 6.45) is 1.49. The van der Waals surface area contributed by atoms with Crippen molar-refractivity contribution in [2.75, 3.05) is 13.2 Å². The summed E-state index contributed by atoms with van der Waals surface area (Å²) in [5, 5.41) is 34.0. The second-order valence-electron chi connectivity index (χ2n) is 13.0. The van der Waals surface area contributed by atoms with Gasteiger partial charge in [0.05, 0.1) is 19.3 Å². The summed E-state index contributed by atoms with van der Waals surface area (Å²) in [5.41, 5.74) is 0.265. The van der Waals surface area contributed by atoms with Crippen LogP contribution in [0.2, 0.25) is 0 Å². The van der Waals surface area contributed by atoms with E-state index < -0.39 is 52.7 Å². The van der Waals surface area contributed by atoms with Crippen molar-refractivity contribution < 1.29 is 34.3 Å². The normalized spacial score (nSPS) is 43.3. The number of carbonyl (C=O) groups is 1. The van der Waals surface area contributed by atoms with Crippen molar-refractivity contribution in [3.05, 3.63) is 47.2 Å². The Morgan fingerprint density at radius 1 is 1.18 bits per heavy atom. The number of aliphatic hydroxyl groups excluding tert-OH is 2. The lowest BCUT2D eigenvalue weighted by molar-refractivity contribution is -0.282. The van der Waals surface area contributed by atoms with Crippen LogP contribution in [0, 0.1) is 11.3 Å². The molecule has 3 heterocycles. The number of nitrogens with one attached hydrogen (secondary N) is 1. The Balaban J connectivity index is 1.43. The Bertz CT molecular complexity index is 1380. The number of para-hydroxylation sites is 1. The molecule has 0 radical (unpaired) electrons. The molecule has 3 fully saturated rings. The van der Waals surface area contributed by atoms with Gasteiger partial charge in [-0.05, 0) is 56.7 Å². The number of benzene rings is 1. The second-order valence-corrected chi connectivity index (χ2v) is 13.0. The molecule has 7 rings (SSSR count). The van der Waals surface area contributed by atoms with Crippen LogP contribution < -0.4 is 0 Å². The molecule has 8 nitrogen and oxygen atoms in total. The largest absolute Gasteiger partial charge is 0.394 e. The first-order valence-electron chi connectivity index (χ1n) is 13.8. The van der Waals surface area contributed by atoms with Gasteiger partial charge in [-0.2, -0.15) is 0 Å². The molecule has 2 saturated carbocycles. The molecular formula is C30H37NO7. The van der Waals surface area contributed by atoms with Crippen LogP contribution in [0.1, 0.15) is 58.2 Å². The number of hydrogen-bond donors (Lipinski definition) is 4. The number of ether oxygens (including phenoxy) is 3. The zero-order chi connectivity index (χ0) is 26.9. The Labute approximate surface area is 222 Å². The number of ketones is 1. The number of aromatic amines is 1. The van der Waals surface area contributed by atoms with Crippen molar-refractivity contribution in [2.24, 2.45) is 11.3 Å². The van der Waals surface area contributed by atoms with Crippen LogP contribution in [0.25, 0.3) is 10.9 Å². The number of rotatable bonds is 4. The fourth-order valence-electron chi connectivity index (χ4n) is 8.87. The number of aromatic nitrogens is 1. The Hall–Kier alpha value is -2.07. The molecule has 0 amide bonds. The molecule has 2 aliphatic heterocycles. The molecule has 2 unspecified atom stereocenters. The third-order valence-electron chi connectivity index (χ3n) is 10.9. The summed E-state index contributed by atoms with van der Waals surface area (Å²) in [4.78, 5) is 17.1. The first kappa shape index (κ1) is 24.9. The summed E-state index contributed by atoms with van der Waals surface area (Å²) >= 11 is 0. The molecule has 1 aromatic heterocycles. The van der Waals surface area contributed by atoms with Crippen LogP contribution in [0.4, 0.5) is 0 Å². The van der Waals surface area contributed by atoms with E-state index in [1.54, 1.807) is 6.08 Å². The fraction of sp³-hybridized carbons (Fsp3) is 0.633. The molecule has 1 aromatic carbocycles. The van der Waals surface area contributed by atoms with Crippen molar-refractivity contribution in [3.63, 3.8) is 0 Å². The highest BCUT2D eigenvalue weighted by atomic mass is 16.8. The number of aliphatic hydroxyl groups is 3. The van der Waals surface area contributed by atoms with E-state index in [4.69, 9.17) is 14.2 Å². The molecule has 5 aliphatic rings. The van der Waals surface area contributed by atoms with Gasteiger partial charge in [-0.15, -0.1) is 0 Å². The number of H-pyrrole nitrogens is 1. The molecule has 8 heteroatoms. The van der Waals surface area contributed by atoms with Gasteiger partial charge in [-0.3, -0.25) is 4.79 Å².